The fourth-order valence-electron chi connectivity index (χ4n) is 2.32. The summed E-state index contributed by atoms with van der Waals surface area (Å²) in [6.45, 7) is 5.67. The smallest absolute Gasteiger partial charge is 0.329 e. The summed E-state index contributed by atoms with van der Waals surface area (Å²) in [5.74, 6) is -0.396. The number of carboxylic acid groups (broad SMARTS) is 1. The van der Waals surface area contributed by atoms with Crippen LogP contribution in [0.2, 0.25) is 0 Å². The lowest BCUT2D eigenvalue weighted by Gasteiger charge is -2.28. The number of carboxylic acids is 1. The molecule has 5 heteroatoms. The van der Waals surface area contributed by atoms with Gasteiger partial charge in [0.15, 0.2) is 0 Å². The third kappa shape index (κ3) is 3.37. The molecule has 1 fully saturated rings. The summed E-state index contributed by atoms with van der Waals surface area (Å²) in [5.41, 5.74) is -1.14. The molecular formula is C13H24N2O3. The molecule has 1 aliphatic carbocycles. The van der Waals surface area contributed by atoms with Crippen LogP contribution >= 0.6 is 0 Å². The van der Waals surface area contributed by atoms with E-state index in [1.165, 1.54) is 0 Å². The fourth-order valence-corrected chi connectivity index (χ4v) is 2.32. The van der Waals surface area contributed by atoms with Gasteiger partial charge in [0.05, 0.1) is 0 Å². The summed E-state index contributed by atoms with van der Waals surface area (Å²) >= 11 is 0. The van der Waals surface area contributed by atoms with Crippen LogP contribution in [0, 0.1) is 5.92 Å². The van der Waals surface area contributed by atoms with E-state index in [4.69, 9.17) is 0 Å². The SMILES string of the molecule is CCCC1CC1NC(=O)NC(CC)(CC)C(=O)O. The van der Waals surface area contributed by atoms with Crippen molar-refractivity contribution >= 4 is 12.0 Å². The van der Waals surface area contributed by atoms with E-state index < -0.39 is 11.5 Å². The maximum Gasteiger partial charge on any atom is 0.329 e. The molecule has 1 aliphatic rings. The van der Waals surface area contributed by atoms with Crippen molar-refractivity contribution in [1.29, 1.82) is 0 Å². The molecule has 0 aromatic rings. The molecule has 0 radical (unpaired) electrons. The quantitative estimate of drug-likeness (QED) is 0.653. The second-order valence-electron chi connectivity index (χ2n) is 5.08. The monoisotopic (exact) mass is 256 g/mol. The molecule has 0 saturated heterocycles. The topological polar surface area (TPSA) is 78.4 Å². The number of amides is 2. The third-order valence-corrected chi connectivity index (χ3v) is 3.87. The zero-order valence-electron chi connectivity index (χ0n) is 11.5. The number of nitrogens with one attached hydrogen (secondary N) is 2. The van der Waals surface area contributed by atoms with Gasteiger partial charge in [-0.15, -0.1) is 0 Å². The minimum absolute atomic E-state index is 0.227. The molecule has 1 rings (SSSR count). The molecule has 3 N–H and O–H groups in total. The summed E-state index contributed by atoms with van der Waals surface area (Å²) in [4.78, 5) is 23.0. The Kier molecular flexibility index (Phi) is 4.99. The Balaban J connectivity index is 2.46. The van der Waals surface area contributed by atoms with E-state index in [1.54, 1.807) is 13.8 Å². The number of aliphatic carboxylic acids is 1. The van der Waals surface area contributed by atoms with E-state index in [9.17, 15) is 14.7 Å². The van der Waals surface area contributed by atoms with Gasteiger partial charge < -0.3 is 15.7 Å². The molecule has 18 heavy (non-hydrogen) atoms. The average Bonchev–Trinajstić information content (AvgIpc) is 3.04. The van der Waals surface area contributed by atoms with Crippen LogP contribution in [-0.4, -0.2) is 28.7 Å². The molecule has 0 aliphatic heterocycles. The molecule has 0 aromatic carbocycles. The van der Waals surface area contributed by atoms with Gasteiger partial charge >= 0.3 is 12.0 Å². The van der Waals surface area contributed by atoms with E-state index in [0.29, 0.717) is 18.8 Å². The third-order valence-electron chi connectivity index (χ3n) is 3.87. The van der Waals surface area contributed by atoms with Gasteiger partial charge in [-0.3, -0.25) is 0 Å². The number of rotatable bonds is 7. The normalized spacial score (nSPS) is 22.4. The van der Waals surface area contributed by atoms with Crippen molar-refractivity contribution in [3.8, 4) is 0 Å². The lowest BCUT2D eigenvalue weighted by molar-refractivity contribution is -0.144. The molecule has 0 spiro atoms. The molecule has 1 saturated carbocycles. The van der Waals surface area contributed by atoms with Gasteiger partial charge in [0.2, 0.25) is 0 Å². The number of carbonyl (C=O) groups is 2. The molecule has 0 heterocycles. The van der Waals surface area contributed by atoms with Gasteiger partial charge in [0.25, 0.3) is 0 Å². The maximum absolute atomic E-state index is 11.8. The molecule has 0 bridgehead atoms. The first kappa shape index (κ1) is 14.8. The standard InChI is InChI=1S/C13H24N2O3/c1-4-7-9-8-10(9)14-12(18)15-13(5-2,6-3)11(16)17/h9-10H,4-8H2,1-3H3,(H,16,17)(H2,14,15,18). The van der Waals surface area contributed by atoms with Crippen molar-refractivity contribution in [2.24, 2.45) is 5.92 Å². The summed E-state index contributed by atoms with van der Waals surface area (Å²) in [6.07, 6.45) is 4.02. The highest BCUT2D eigenvalue weighted by molar-refractivity contribution is 5.86. The predicted octanol–water partition coefficient (Wildman–Crippen LogP) is 2.12. The van der Waals surface area contributed by atoms with Gasteiger partial charge in [-0.1, -0.05) is 27.2 Å². The number of hydrogen-bond acceptors (Lipinski definition) is 2. The second kappa shape index (κ2) is 6.07. The zero-order chi connectivity index (χ0) is 13.8. The van der Waals surface area contributed by atoms with E-state index in [0.717, 1.165) is 19.3 Å². The summed E-state index contributed by atoms with van der Waals surface area (Å²) < 4.78 is 0. The molecule has 5 nitrogen and oxygen atoms in total. The van der Waals surface area contributed by atoms with Crippen molar-refractivity contribution in [2.45, 2.75) is 64.5 Å². The minimum atomic E-state index is -1.14. The van der Waals surface area contributed by atoms with Gasteiger partial charge in [-0.2, -0.15) is 0 Å². The largest absolute Gasteiger partial charge is 0.480 e. The maximum atomic E-state index is 11.8. The molecule has 104 valence electrons. The van der Waals surface area contributed by atoms with E-state index in [2.05, 4.69) is 17.6 Å². The molecule has 2 atom stereocenters. The number of hydrogen-bond donors (Lipinski definition) is 3. The van der Waals surface area contributed by atoms with Gasteiger partial charge in [-0.25, -0.2) is 9.59 Å². The van der Waals surface area contributed by atoms with E-state index in [1.807, 2.05) is 0 Å². The van der Waals surface area contributed by atoms with Crippen LogP contribution in [0.25, 0.3) is 0 Å². The van der Waals surface area contributed by atoms with Crippen molar-refractivity contribution in [3.63, 3.8) is 0 Å². The Morgan fingerprint density at radius 3 is 2.33 bits per heavy atom. The first-order valence-corrected chi connectivity index (χ1v) is 6.81. The Hall–Kier alpha value is -1.26. The molecule has 2 unspecified atom stereocenters. The van der Waals surface area contributed by atoms with Crippen LogP contribution < -0.4 is 10.6 Å². The van der Waals surface area contributed by atoms with Crippen LogP contribution in [0.1, 0.15) is 52.9 Å². The Morgan fingerprint density at radius 2 is 1.89 bits per heavy atom. The van der Waals surface area contributed by atoms with Crippen molar-refractivity contribution in [3.05, 3.63) is 0 Å². The summed E-state index contributed by atoms with van der Waals surface area (Å²) in [5, 5.41) is 14.7. The molecular weight excluding hydrogens is 232 g/mol. The van der Waals surface area contributed by atoms with Crippen molar-refractivity contribution in [2.75, 3.05) is 0 Å². The van der Waals surface area contributed by atoms with Gasteiger partial charge in [-0.05, 0) is 31.6 Å². The molecule has 2 amide bonds. The first-order valence-electron chi connectivity index (χ1n) is 6.81. The number of carbonyl (C=O) groups excluding carboxylic acids is 1. The van der Waals surface area contributed by atoms with Gasteiger partial charge in [0.1, 0.15) is 5.54 Å². The average molecular weight is 256 g/mol. The molecule has 0 aromatic heterocycles. The highest BCUT2D eigenvalue weighted by Crippen LogP contribution is 2.34. The fraction of sp³-hybridized carbons (Fsp3) is 0.846. The van der Waals surface area contributed by atoms with Crippen LogP contribution in [0.15, 0.2) is 0 Å². The Labute approximate surface area is 108 Å². The predicted molar refractivity (Wildman–Crippen MR) is 69.4 cm³/mol. The number of urea groups is 1. The van der Waals surface area contributed by atoms with Crippen LogP contribution in [-0.2, 0) is 4.79 Å². The van der Waals surface area contributed by atoms with Crippen LogP contribution in [0.3, 0.4) is 0 Å². The summed E-state index contributed by atoms with van der Waals surface area (Å²) in [6, 6.07) is -0.130. The van der Waals surface area contributed by atoms with Crippen LogP contribution in [0.4, 0.5) is 4.79 Å². The van der Waals surface area contributed by atoms with Crippen molar-refractivity contribution < 1.29 is 14.7 Å². The van der Waals surface area contributed by atoms with Crippen molar-refractivity contribution in [1.82, 2.24) is 10.6 Å². The van der Waals surface area contributed by atoms with E-state index >= 15 is 0 Å². The Morgan fingerprint density at radius 1 is 1.28 bits per heavy atom. The summed E-state index contributed by atoms with van der Waals surface area (Å²) in [7, 11) is 0. The zero-order valence-corrected chi connectivity index (χ0v) is 11.5. The van der Waals surface area contributed by atoms with Gasteiger partial charge in [0, 0.05) is 6.04 Å². The van der Waals surface area contributed by atoms with Crippen LogP contribution in [0.5, 0.6) is 0 Å². The lowest BCUT2D eigenvalue weighted by Crippen LogP contribution is -2.56. The highest BCUT2D eigenvalue weighted by atomic mass is 16.4. The minimum Gasteiger partial charge on any atom is -0.480 e. The second-order valence-corrected chi connectivity index (χ2v) is 5.08. The van der Waals surface area contributed by atoms with E-state index in [-0.39, 0.29) is 12.1 Å². The highest BCUT2D eigenvalue weighted by Gasteiger charge is 2.40. The lowest BCUT2D eigenvalue weighted by atomic mass is 9.93. The first-order chi connectivity index (χ1) is 8.49. The Bertz CT molecular complexity index is 313.